The molecule has 2 aromatic rings. The van der Waals surface area contributed by atoms with E-state index in [0.717, 1.165) is 10.6 Å². The standard InChI is InChI=1S/C17H19N3O5S2/c1-10(2)27(22,23)20-6-5-12-15(8-20)26-17(18-12)19-16(21)11-3-4-13-14(7-11)25-9-24-13/h3-4,7,10H,5-6,8-9H2,1-2H3,(H,18,19,21). The van der Waals surface area contributed by atoms with Crippen molar-refractivity contribution in [3.05, 3.63) is 34.3 Å². The molecule has 0 saturated carbocycles. The number of aromatic nitrogens is 1. The lowest BCUT2D eigenvalue weighted by atomic mass is 10.2. The number of thiazole rings is 1. The van der Waals surface area contributed by atoms with Gasteiger partial charge in [-0.2, -0.15) is 4.31 Å². The van der Waals surface area contributed by atoms with E-state index < -0.39 is 15.3 Å². The largest absolute Gasteiger partial charge is 0.454 e. The Labute approximate surface area is 161 Å². The predicted octanol–water partition coefficient (Wildman–Crippen LogP) is 2.22. The van der Waals surface area contributed by atoms with Gasteiger partial charge in [0.1, 0.15) is 0 Å². The van der Waals surface area contributed by atoms with Gasteiger partial charge in [-0.25, -0.2) is 13.4 Å². The number of nitrogens with one attached hydrogen (secondary N) is 1. The molecule has 1 aromatic heterocycles. The van der Waals surface area contributed by atoms with Crippen LogP contribution in [-0.4, -0.2) is 42.2 Å². The molecule has 0 bridgehead atoms. The van der Waals surface area contributed by atoms with Crippen molar-refractivity contribution in [3.63, 3.8) is 0 Å². The molecule has 0 unspecified atom stereocenters. The first-order valence-corrected chi connectivity index (χ1v) is 10.8. The zero-order valence-electron chi connectivity index (χ0n) is 14.9. The molecule has 1 aromatic carbocycles. The molecule has 4 rings (SSSR count). The van der Waals surface area contributed by atoms with Crippen LogP contribution in [0.15, 0.2) is 18.2 Å². The van der Waals surface area contributed by atoms with E-state index in [1.165, 1.54) is 15.6 Å². The zero-order valence-corrected chi connectivity index (χ0v) is 16.5. The summed E-state index contributed by atoms with van der Waals surface area (Å²) in [5, 5.41) is 2.79. The number of sulfonamides is 1. The van der Waals surface area contributed by atoms with Crippen LogP contribution in [-0.2, 0) is 23.0 Å². The van der Waals surface area contributed by atoms with E-state index in [0.29, 0.717) is 41.7 Å². The molecule has 0 atom stereocenters. The first-order valence-electron chi connectivity index (χ1n) is 8.53. The van der Waals surface area contributed by atoms with Crippen LogP contribution in [0.2, 0.25) is 0 Å². The quantitative estimate of drug-likeness (QED) is 0.832. The molecule has 0 saturated heterocycles. The molecule has 0 radical (unpaired) electrons. The number of amides is 1. The third-order valence-electron chi connectivity index (χ3n) is 4.51. The lowest BCUT2D eigenvalue weighted by molar-refractivity contribution is 0.102. The van der Waals surface area contributed by atoms with Gasteiger partial charge in [0.05, 0.1) is 10.9 Å². The number of ether oxygens (including phenoxy) is 2. The third kappa shape index (κ3) is 3.40. The second-order valence-electron chi connectivity index (χ2n) is 6.59. The maximum absolute atomic E-state index is 12.5. The fraction of sp³-hybridized carbons (Fsp3) is 0.412. The van der Waals surface area contributed by atoms with Crippen LogP contribution in [0.25, 0.3) is 0 Å². The Morgan fingerprint density at radius 3 is 2.85 bits per heavy atom. The minimum absolute atomic E-state index is 0.148. The SMILES string of the molecule is CC(C)S(=O)(=O)N1CCc2nc(NC(=O)c3ccc4c(c3)OCO4)sc2C1. The average Bonchev–Trinajstić information content (AvgIpc) is 3.25. The smallest absolute Gasteiger partial charge is 0.257 e. The van der Waals surface area contributed by atoms with Gasteiger partial charge in [0, 0.05) is 30.0 Å². The summed E-state index contributed by atoms with van der Waals surface area (Å²) in [5.41, 5.74) is 1.28. The van der Waals surface area contributed by atoms with Crippen LogP contribution < -0.4 is 14.8 Å². The zero-order chi connectivity index (χ0) is 19.2. The molecule has 144 valence electrons. The highest BCUT2D eigenvalue weighted by molar-refractivity contribution is 7.89. The Morgan fingerprint density at radius 1 is 1.30 bits per heavy atom. The number of rotatable bonds is 4. The lowest BCUT2D eigenvalue weighted by Crippen LogP contribution is -2.39. The number of hydrogen-bond acceptors (Lipinski definition) is 7. The van der Waals surface area contributed by atoms with E-state index in [-0.39, 0.29) is 12.7 Å². The summed E-state index contributed by atoms with van der Waals surface area (Å²) in [6, 6.07) is 4.98. The molecule has 8 nitrogen and oxygen atoms in total. The lowest BCUT2D eigenvalue weighted by Gasteiger charge is -2.26. The van der Waals surface area contributed by atoms with Crippen LogP contribution in [0, 0.1) is 0 Å². The molecule has 2 aliphatic heterocycles. The van der Waals surface area contributed by atoms with E-state index in [1.54, 1.807) is 32.0 Å². The molecule has 2 aliphatic rings. The highest BCUT2D eigenvalue weighted by Gasteiger charge is 2.31. The van der Waals surface area contributed by atoms with Gasteiger partial charge < -0.3 is 9.47 Å². The topological polar surface area (TPSA) is 97.8 Å². The average molecular weight is 409 g/mol. The number of carbonyl (C=O) groups is 1. The van der Waals surface area contributed by atoms with Crippen molar-refractivity contribution in [1.82, 2.24) is 9.29 Å². The van der Waals surface area contributed by atoms with Gasteiger partial charge in [0.15, 0.2) is 16.6 Å². The molecular formula is C17H19N3O5S2. The van der Waals surface area contributed by atoms with E-state index in [1.807, 2.05) is 0 Å². The van der Waals surface area contributed by atoms with Gasteiger partial charge in [-0.1, -0.05) is 0 Å². The van der Waals surface area contributed by atoms with Crippen molar-refractivity contribution in [3.8, 4) is 11.5 Å². The Kier molecular flexibility index (Phi) is 4.57. The number of anilines is 1. The summed E-state index contributed by atoms with van der Waals surface area (Å²) in [5.74, 6) is 0.851. The summed E-state index contributed by atoms with van der Waals surface area (Å²) in [6.07, 6.45) is 0.539. The normalized spacial score (nSPS) is 16.4. The monoisotopic (exact) mass is 409 g/mol. The predicted molar refractivity (Wildman–Crippen MR) is 101 cm³/mol. The Balaban J connectivity index is 1.49. The Hall–Kier alpha value is -2.17. The molecule has 1 N–H and O–H groups in total. The van der Waals surface area contributed by atoms with Crippen LogP contribution in [0.3, 0.4) is 0 Å². The first-order chi connectivity index (χ1) is 12.8. The summed E-state index contributed by atoms with van der Waals surface area (Å²) in [4.78, 5) is 17.8. The van der Waals surface area contributed by atoms with Crippen molar-refractivity contribution in [2.75, 3.05) is 18.7 Å². The number of carbonyl (C=O) groups excluding carboxylic acids is 1. The van der Waals surface area contributed by atoms with Crippen molar-refractivity contribution in [1.29, 1.82) is 0 Å². The summed E-state index contributed by atoms with van der Waals surface area (Å²) in [6.45, 7) is 4.21. The maximum Gasteiger partial charge on any atom is 0.257 e. The Morgan fingerprint density at radius 2 is 2.07 bits per heavy atom. The van der Waals surface area contributed by atoms with Crippen molar-refractivity contribution in [2.24, 2.45) is 0 Å². The highest BCUT2D eigenvalue weighted by atomic mass is 32.2. The van der Waals surface area contributed by atoms with Crippen LogP contribution in [0.5, 0.6) is 11.5 Å². The van der Waals surface area contributed by atoms with Gasteiger partial charge in [0.25, 0.3) is 5.91 Å². The minimum Gasteiger partial charge on any atom is -0.454 e. The van der Waals surface area contributed by atoms with E-state index in [2.05, 4.69) is 10.3 Å². The fourth-order valence-electron chi connectivity index (χ4n) is 2.95. The molecule has 1 amide bonds. The molecule has 3 heterocycles. The van der Waals surface area contributed by atoms with Crippen molar-refractivity contribution in [2.45, 2.75) is 32.1 Å². The van der Waals surface area contributed by atoms with Crippen molar-refractivity contribution < 1.29 is 22.7 Å². The van der Waals surface area contributed by atoms with Gasteiger partial charge >= 0.3 is 0 Å². The summed E-state index contributed by atoms with van der Waals surface area (Å²) in [7, 11) is -3.31. The number of benzene rings is 1. The number of fused-ring (bicyclic) bond motifs is 2. The minimum atomic E-state index is -3.31. The molecule has 27 heavy (non-hydrogen) atoms. The molecular weight excluding hydrogens is 390 g/mol. The summed E-state index contributed by atoms with van der Waals surface area (Å²) >= 11 is 1.31. The highest BCUT2D eigenvalue weighted by Crippen LogP contribution is 2.33. The Bertz CT molecular complexity index is 1000. The van der Waals surface area contributed by atoms with E-state index in [4.69, 9.17) is 9.47 Å². The van der Waals surface area contributed by atoms with Gasteiger partial charge in [-0.3, -0.25) is 10.1 Å². The van der Waals surface area contributed by atoms with Gasteiger partial charge in [-0.05, 0) is 32.0 Å². The number of hydrogen-bond donors (Lipinski definition) is 1. The molecule has 0 spiro atoms. The van der Waals surface area contributed by atoms with Crippen LogP contribution in [0.4, 0.5) is 5.13 Å². The van der Waals surface area contributed by atoms with E-state index in [9.17, 15) is 13.2 Å². The molecule has 0 aliphatic carbocycles. The third-order valence-corrected chi connectivity index (χ3v) is 7.73. The summed E-state index contributed by atoms with van der Waals surface area (Å²) < 4.78 is 36.8. The fourth-order valence-corrected chi connectivity index (χ4v) is 5.30. The van der Waals surface area contributed by atoms with Crippen LogP contribution >= 0.6 is 11.3 Å². The van der Waals surface area contributed by atoms with E-state index >= 15 is 0 Å². The molecule has 0 fully saturated rings. The first kappa shape index (κ1) is 18.2. The maximum atomic E-state index is 12.5. The van der Waals surface area contributed by atoms with Crippen LogP contribution in [0.1, 0.15) is 34.8 Å². The molecule has 10 heteroatoms. The van der Waals surface area contributed by atoms with Crippen molar-refractivity contribution >= 4 is 32.4 Å². The number of nitrogens with zero attached hydrogens (tertiary/aromatic N) is 2. The van der Waals surface area contributed by atoms with Gasteiger partial charge in [0.2, 0.25) is 16.8 Å². The van der Waals surface area contributed by atoms with Gasteiger partial charge in [-0.15, -0.1) is 11.3 Å². The second-order valence-corrected chi connectivity index (χ2v) is 10.2. The second kappa shape index (κ2) is 6.77.